The SMILES string of the molecule is NNC(CCc1ccsc1)Cc1ccccc1Br. The van der Waals surface area contributed by atoms with Crippen molar-refractivity contribution < 1.29 is 0 Å². The summed E-state index contributed by atoms with van der Waals surface area (Å²) in [5.74, 6) is 5.65. The van der Waals surface area contributed by atoms with Crippen LogP contribution in [0.2, 0.25) is 0 Å². The summed E-state index contributed by atoms with van der Waals surface area (Å²) < 4.78 is 1.15. The Balaban J connectivity index is 1.91. The second-order valence-corrected chi connectivity index (χ2v) is 5.96. The lowest BCUT2D eigenvalue weighted by Crippen LogP contribution is -2.37. The van der Waals surface area contributed by atoms with Gasteiger partial charge in [-0.15, -0.1) is 0 Å². The van der Waals surface area contributed by atoms with Crippen molar-refractivity contribution >= 4 is 27.3 Å². The molecule has 2 aromatic rings. The van der Waals surface area contributed by atoms with E-state index in [-0.39, 0.29) is 0 Å². The summed E-state index contributed by atoms with van der Waals surface area (Å²) in [6, 6.07) is 10.8. The molecule has 1 atom stereocenters. The van der Waals surface area contributed by atoms with Gasteiger partial charge in [0, 0.05) is 10.5 Å². The van der Waals surface area contributed by atoms with Crippen LogP contribution in [0, 0.1) is 0 Å². The fourth-order valence-corrected chi connectivity index (χ4v) is 3.10. The van der Waals surface area contributed by atoms with E-state index >= 15 is 0 Å². The third kappa shape index (κ3) is 3.92. The van der Waals surface area contributed by atoms with Crippen molar-refractivity contribution in [2.45, 2.75) is 25.3 Å². The number of nitrogens with one attached hydrogen (secondary N) is 1. The molecular weight excluding hydrogens is 308 g/mol. The van der Waals surface area contributed by atoms with Gasteiger partial charge in [0.2, 0.25) is 0 Å². The van der Waals surface area contributed by atoms with E-state index < -0.39 is 0 Å². The summed E-state index contributed by atoms with van der Waals surface area (Å²) in [5.41, 5.74) is 5.62. The quantitative estimate of drug-likeness (QED) is 0.630. The molecule has 0 aliphatic rings. The number of hydrogen-bond donors (Lipinski definition) is 2. The number of aryl methyl sites for hydroxylation is 1. The normalized spacial score (nSPS) is 12.6. The zero-order valence-corrected chi connectivity index (χ0v) is 12.5. The minimum atomic E-state index is 0.309. The van der Waals surface area contributed by atoms with Crippen LogP contribution < -0.4 is 11.3 Å². The lowest BCUT2D eigenvalue weighted by molar-refractivity contribution is 0.491. The second-order valence-electron chi connectivity index (χ2n) is 4.33. The lowest BCUT2D eigenvalue weighted by atomic mass is 10.0. The summed E-state index contributed by atoms with van der Waals surface area (Å²) >= 11 is 5.32. The summed E-state index contributed by atoms with van der Waals surface area (Å²) in [6.07, 6.45) is 3.07. The number of hydrazine groups is 1. The topological polar surface area (TPSA) is 38.0 Å². The monoisotopic (exact) mass is 324 g/mol. The molecular formula is C14H17BrN2S. The van der Waals surface area contributed by atoms with E-state index in [1.54, 1.807) is 11.3 Å². The Morgan fingerprint density at radius 3 is 2.78 bits per heavy atom. The van der Waals surface area contributed by atoms with Crippen molar-refractivity contribution in [2.75, 3.05) is 0 Å². The Morgan fingerprint density at radius 1 is 1.28 bits per heavy atom. The lowest BCUT2D eigenvalue weighted by Gasteiger charge is -2.16. The number of hydrogen-bond acceptors (Lipinski definition) is 3. The van der Waals surface area contributed by atoms with Crippen molar-refractivity contribution in [3.63, 3.8) is 0 Å². The predicted molar refractivity (Wildman–Crippen MR) is 81.6 cm³/mol. The molecule has 0 saturated carbocycles. The molecule has 2 rings (SSSR count). The standard InChI is InChI=1S/C14H17BrN2S/c15-14-4-2-1-3-12(14)9-13(17-16)6-5-11-7-8-18-10-11/h1-4,7-8,10,13,17H,5-6,9,16H2. The first-order chi connectivity index (χ1) is 8.79. The fraction of sp³-hybridized carbons (Fsp3) is 0.286. The molecule has 4 heteroatoms. The molecule has 0 radical (unpaired) electrons. The maximum Gasteiger partial charge on any atom is 0.0254 e. The largest absolute Gasteiger partial charge is 0.271 e. The van der Waals surface area contributed by atoms with Gasteiger partial charge in [-0.25, -0.2) is 0 Å². The number of rotatable bonds is 6. The molecule has 2 nitrogen and oxygen atoms in total. The van der Waals surface area contributed by atoms with Crippen LogP contribution in [0.25, 0.3) is 0 Å². The van der Waals surface area contributed by atoms with Gasteiger partial charge in [0.05, 0.1) is 0 Å². The minimum absolute atomic E-state index is 0.309. The number of nitrogens with two attached hydrogens (primary N) is 1. The Hall–Kier alpha value is -0.680. The third-order valence-corrected chi connectivity index (χ3v) is 4.53. The van der Waals surface area contributed by atoms with Crippen LogP contribution in [0.1, 0.15) is 17.5 Å². The molecule has 0 fully saturated rings. The van der Waals surface area contributed by atoms with Crippen LogP contribution in [0.3, 0.4) is 0 Å². The molecule has 0 saturated heterocycles. The first-order valence-corrected chi connectivity index (χ1v) is 7.74. The van der Waals surface area contributed by atoms with Gasteiger partial charge in [0.15, 0.2) is 0 Å². The van der Waals surface area contributed by atoms with Crippen molar-refractivity contribution in [2.24, 2.45) is 5.84 Å². The smallest absolute Gasteiger partial charge is 0.0254 e. The van der Waals surface area contributed by atoms with E-state index in [4.69, 9.17) is 5.84 Å². The number of thiophene rings is 1. The van der Waals surface area contributed by atoms with Gasteiger partial charge in [-0.1, -0.05) is 34.1 Å². The average Bonchev–Trinajstić information content (AvgIpc) is 2.90. The highest BCUT2D eigenvalue weighted by Gasteiger charge is 2.10. The van der Waals surface area contributed by atoms with Gasteiger partial charge in [-0.3, -0.25) is 11.3 Å². The summed E-state index contributed by atoms with van der Waals surface area (Å²) in [6.45, 7) is 0. The van der Waals surface area contributed by atoms with E-state index in [0.29, 0.717) is 6.04 Å². The Kier molecular flexibility index (Phi) is 5.38. The van der Waals surface area contributed by atoms with Crippen molar-refractivity contribution in [3.8, 4) is 0 Å². The molecule has 0 spiro atoms. The molecule has 18 heavy (non-hydrogen) atoms. The Labute approximate surface area is 120 Å². The highest BCUT2D eigenvalue weighted by atomic mass is 79.9. The first-order valence-electron chi connectivity index (χ1n) is 6.00. The maximum absolute atomic E-state index is 5.65. The van der Waals surface area contributed by atoms with Gasteiger partial charge in [-0.05, 0) is 53.3 Å². The van der Waals surface area contributed by atoms with Crippen LogP contribution in [0.4, 0.5) is 0 Å². The van der Waals surface area contributed by atoms with Gasteiger partial charge in [0.25, 0.3) is 0 Å². The summed E-state index contributed by atoms with van der Waals surface area (Å²) in [5, 5.41) is 4.32. The predicted octanol–water partition coefficient (Wildman–Crippen LogP) is 3.52. The molecule has 1 heterocycles. The summed E-state index contributed by atoms with van der Waals surface area (Å²) in [7, 11) is 0. The first kappa shape index (κ1) is 13.7. The molecule has 0 aliphatic heterocycles. The molecule has 1 aromatic heterocycles. The number of benzene rings is 1. The average molecular weight is 325 g/mol. The second kappa shape index (κ2) is 7.04. The third-order valence-electron chi connectivity index (χ3n) is 3.02. The van der Waals surface area contributed by atoms with Crippen molar-refractivity contribution in [3.05, 3.63) is 56.7 Å². The Bertz CT molecular complexity index is 470. The zero-order valence-electron chi connectivity index (χ0n) is 10.1. The van der Waals surface area contributed by atoms with E-state index in [0.717, 1.165) is 23.7 Å². The van der Waals surface area contributed by atoms with Crippen LogP contribution in [0.15, 0.2) is 45.6 Å². The molecule has 96 valence electrons. The molecule has 0 aliphatic carbocycles. The maximum atomic E-state index is 5.65. The molecule has 0 amide bonds. The Morgan fingerprint density at radius 2 is 2.11 bits per heavy atom. The molecule has 1 unspecified atom stereocenters. The van der Waals surface area contributed by atoms with Crippen LogP contribution >= 0.6 is 27.3 Å². The van der Waals surface area contributed by atoms with E-state index in [9.17, 15) is 0 Å². The van der Waals surface area contributed by atoms with E-state index in [2.05, 4.69) is 56.4 Å². The highest BCUT2D eigenvalue weighted by Crippen LogP contribution is 2.19. The summed E-state index contributed by atoms with van der Waals surface area (Å²) in [4.78, 5) is 0. The van der Waals surface area contributed by atoms with Gasteiger partial charge >= 0.3 is 0 Å². The molecule has 0 bridgehead atoms. The fourth-order valence-electron chi connectivity index (χ4n) is 1.95. The van der Waals surface area contributed by atoms with Crippen molar-refractivity contribution in [1.29, 1.82) is 0 Å². The van der Waals surface area contributed by atoms with Gasteiger partial charge < -0.3 is 0 Å². The zero-order chi connectivity index (χ0) is 12.8. The van der Waals surface area contributed by atoms with Crippen LogP contribution in [-0.2, 0) is 12.8 Å². The van der Waals surface area contributed by atoms with E-state index in [1.807, 2.05) is 6.07 Å². The molecule has 3 N–H and O–H groups in total. The van der Waals surface area contributed by atoms with Crippen molar-refractivity contribution in [1.82, 2.24) is 5.43 Å². The highest BCUT2D eigenvalue weighted by molar-refractivity contribution is 9.10. The van der Waals surface area contributed by atoms with E-state index in [1.165, 1.54) is 11.1 Å². The minimum Gasteiger partial charge on any atom is -0.271 e. The molecule has 1 aromatic carbocycles. The van der Waals surface area contributed by atoms with Gasteiger partial charge in [-0.2, -0.15) is 11.3 Å². The number of halogens is 1. The van der Waals surface area contributed by atoms with Crippen LogP contribution in [0.5, 0.6) is 0 Å². The van der Waals surface area contributed by atoms with Crippen LogP contribution in [-0.4, -0.2) is 6.04 Å². The van der Waals surface area contributed by atoms with Gasteiger partial charge in [0.1, 0.15) is 0 Å².